The SMILES string of the molecule is CCOC(=O)[C@@H](NC(=O)c1cnc(-c2cccc(C3=NCC(C(=O)NC(C4CC4)C(F)(F)F)=C3)c2)o1)C(C)C. The van der Waals surface area contributed by atoms with Crippen molar-refractivity contribution in [1.82, 2.24) is 15.6 Å². The van der Waals surface area contributed by atoms with Gasteiger partial charge in [0.2, 0.25) is 17.6 Å². The van der Waals surface area contributed by atoms with Crippen LogP contribution in [0.3, 0.4) is 0 Å². The van der Waals surface area contributed by atoms with Crippen molar-refractivity contribution >= 4 is 23.5 Å². The molecule has 2 aliphatic rings. The Morgan fingerprint density at radius 1 is 1.13 bits per heavy atom. The molecule has 1 unspecified atom stereocenters. The van der Waals surface area contributed by atoms with E-state index in [2.05, 4.69) is 20.6 Å². The molecule has 0 saturated heterocycles. The highest BCUT2D eigenvalue weighted by atomic mass is 19.4. The highest BCUT2D eigenvalue weighted by Crippen LogP contribution is 2.40. The van der Waals surface area contributed by atoms with Gasteiger partial charge in [-0.2, -0.15) is 13.2 Å². The second kappa shape index (κ2) is 11.4. The third kappa shape index (κ3) is 6.73. The molecule has 2 aromatic rings. The standard InChI is InChI=1S/C27H29F3N4O5/c1-4-38-26(37)21(14(2)3)33-24(36)20-13-32-25(39-20)17-7-5-6-16(10-17)19-11-18(12-31-19)23(35)34-22(15-8-9-15)27(28,29)30/h5-7,10-11,13-15,21-22H,4,8-9,12H2,1-3H3,(H,33,36)(H,34,35)/t21-,22?/m0/s1. The molecule has 2 heterocycles. The normalized spacial score (nSPS) is 16.8. The molecule has 1 saturated carbocycles. The number of esters is 1. The number of nitrogens with one attached hydrogen (secondary N) is 2. The van der Waals surface area contributed by atoms with Gasteiger partial charge in [-0.3, -0.25) is 14.6 Å². The van der Waals surface area contributed by atoms with Crippen molar-refractivity contribution in [2.45, 2.75) is 51.9 Å². The number of alkyl halides is 3. The van der Waals surface area contributed by atoms with E-state index in [1.54, 1.807) is 45.0 Å². The Kier molecular flexibility index (Phi) is 8.22. The van der Waals surface area contributed by atoms with Crippen LogP contribution in [0.25, 0.3) is 11.5 Å². The van der Waals surface area contributed by atoms with Gasteiger partial charge in [0, 0.05) is 16.7 Å². The fourth-order valence-corrected chi connectivity index (χ4v) is 4.14. The molecule has 2 amide bonds. The van der Waals surface area contributed by atoms with Gasteiger partial charge in [0.15, 0.2) is 0 Å². The number of rotatable bonds is 10. The zero-order valence-corrected chi connectivity index (χ0v) is 21.7. The first-order valence-electron chi connectivity index (χ1n) is 12.6. The number of ether oxygens (including phenoxy) is 1. The molecule has 1 fully saturated rings. The second-order valence-corrected chi connectivity index (χ2v) is 9.76. The lowest BCUT2D eigenvalue weighted by molar-refractivity contribution is -0.164. The van der Waals surface area contributed by atoms with Gasteiger partial charge in [-0.25, -0.2) is 9.78 Å². The predicted molar refractivity (Wildman–Crippen MR) is 135 cm³/mol. The van der Waals surface area contributed by atoms with E-state index in [4.69, 9.17) is 9.15 Å². The lowest BCUT2D eigenvalue weighted by Gasteiger charge is -2.21. The van der Waals surface area contributed by atoms with Crippen LogP contribution in [0, 0.1) is 11.8 Å². The quantitative estimate of drug-likeness (QED) is 0.437. The maximum atomic E-state index is 13.3. The van der Waals surface area contributed by atoms with Gasteiger partial charge in [-0.15, -0.1) is 0 Å². The van der Waals surface area contributed by atoms with Crippen LogP contribution in [0.4, 0.5) is 13.2 Å². The molecule has 9 nitrogen and oxygen atoms in total. The maximum Gasteiger partial charge on any atom is 0.408 e. The third-order valence-electron chi connectivity index (χ3n) is 6.38. The number of carbonyl (C=O) groups is 3. The van der Waals surface area contributed by atoms with Crippen molar-refractivity contribution < 1.29 is 36.7 Å². The summed E-state index contributed by atoms with van der Waals surface area (Å²) in [5, 5.41) is 4.72. The van der Waals surface area contributed by atoms with E-state index < -0.39 is 42.0 Å². The van der Waals surface area contributed by atoms with E-state index in [-0.39, 0.29) is 36.3 Å². The molecule has 12 heteroatoms. The largest absolute Gasteiger partial charge is 0.464 e. The minimum absolute atomic E-state index is 0.0402. The maximum absolute atomic E-state index is 13.3. The van der Waals surface area contributed by atoms with E-state index in [0.29, 0.717) is 29.7 Å². The summed E-state index contributed by atoms with van der Waals surface area (Å²) in [5.74, 6) is -2.72. The Morgan fingerprint density at radius 2 is 1.85 bits per heavy atom. The summed E-state index contributed by atoms with van der Waals surface area (Å²) in [6.45, 7) is 5.37. The number of hydrogen-bond donors (Lipinski definition) is 2. The Bertz CT molecular complexity index is 1310. The zero-order chi connectivity index (χ0) is 28.3. The Labute approximate surface area is 222 Å². The molecule has 0 spiro atoms. The number of aromatic nitrogens is 1. The Morgan fingerprint density at radius 3 is 2.49 bits per heavy atom. The number of benzene rings is 1. The van der Waals surface area contributed by atoms with Gasteiger partial charge in [0.25, 0.3) is 5.91 Å². The fourth-order valence-electron chi connectivity index (χ4n) is 4.14. The summed E-state index contributed by atoms with van der Waals surface area (Å²) in [5.41, 5.74) is 1.67. The first-order chi connectivity index (χ1) is 18.5. The summed E-state index contributed by atoms with van der Waals surface area (Å²) >= 11 is 0. The molecule has 1 aliphatic heterocycles. The van der Waals surface area contributed by atoms with Gasteiger partial charge >= 0.3 is 12.1 Å². The van der Waals surface area contributed by atoms with Crippen LogP contribution in [0.5, 0.6) is 0 Å². The van der Waals surface area contributed by atoms with E-state index in [1.165, 1.54) is 12.3 Å². The number of hydrogen-bond acceptors (Lipinski definition) is 7. The van der Waals surface area contributed by atoms with E-state index in [9.17, 15) is 27.6 Å². The topological polar surface area (TPSA) is 123 Å². The minimum atomic E-state index is -4.51. The second-order valence-electron chi connectivity index (χ2n) is 9.76. The Hall–Kier alpha value is -3.96. The molecule has 1 aromatic heterocycles. The monoisotopic (exact) mass is 546 g/mol. The molecule has 4 rings (SSSR count). The van der Waals surface area contributed by atoms with Gasteiger partial charge in [-0.1, -0.05) is 26.0 Å². The molecule has 2 N–H and O–H groups in total. The minimum Gasteiger partial charge on any atom is -0.464 e. The van der Waals surface area contributed by atoms with E-state index >= 15 is 0 Å². The average molecular weight is 547 g/mol. The first kappa shape index (κ1) is 28.1. The number of allylic oxidation sites excluding steroid dienone is 1. The average Bonchev–Trinajstić information content (AvgIpc) is 3.37. The highest BCUT2D eigenvalue weighted by Gasteiger charge is 2.49. The summed E-state index contributed by atoms with van der Waals surface area (Å²) in [4.78, 5) is 45.8. The van der Waals surface area contributed by atoms with Crippen molar-refractivity contribution in [3.05, 3.63) is 53.4 Å². The smallest absolute Gasteiger partial charge is 0.408 e. The Balaban J connectivity index is 1.45. The predicted octanol–water partition coefficient (Wildman–Crippen LogP) is 3.85. The van der Waals surface area contributed by atoms with Gasteiger partial charge < -0.3 is 19.8 Å². The van der Waals surface area contributed by atoms with E-state index in [0.717, 1.165) is 0 Å². The van der Waals surface area contributed by atoms with Crippen LogP contribution in [-0.2, 0) is 14.3 Å². The van der Waals surface area contributed by atoms with Crippen LogP contribution in [0.2, 0.25) is 0 Å². The highest BCUT2D eigenvalue weighted by molar-refractivity contribution is 6.15. The number of nitrogens with zero attached hydrogens (tertiary/aromatic N) is 2. The van der Waals surface area contributed by atoms with Gasteiger partial charge in [0.05, 0.1) is 25.1 Å². The number of aliphatic imine (C=N–C) groups is 1. The number of carbonyl (C=O) groups excluding carboxylic acids is 3. The van der Waals surface area contributed by atoms with Crippen LogP contribution >= 0.6 is 0 Å². The first-order valence-corrected chi connectivity index (χ1v) is 12.6. The number of halogens is 3. The van der Waals surface area contributed by atoms with Crippen molar-refractivity contribution in [2.24, 2.45) is 16.8 Å². The summed E-state index contributed by atoms with van der Waals surface area (Å²) in [6.07, 6.45) is -0.927. The van der Waals surface area contributed by atoms with Crippen molar-refractivity contribution in [3.63, 3.8) is 0 Å². The van der Waals surface area contributed by atoms with Crippen LogP contribution < -0.4 is 10.6 Å². The summed E-state index contributed by atoms with van der Waals surface area (Å²) < 4.78 is 50.5. The molecule has 2 atom stereocenters. The number of amides is 2. The summed E-state index contributed by atoms with van der Waals surface area (Å²) in [6, 6.07) is 4.09. The summed E-state index contributed by atoms with van der Waals surface area (Å²) in [7, 11) is 0. The molecule has 1 aliphatic carbocycles. The van der Waals surface area contributed by atoms with Crippen LogP contribution in [-0.4, -0.2) is 59.9 Å². The van der Waals surface area contributed by atoms with Gasteiger partial charge in [-0.05, 0) is 49.8 Å². The van der Waals surface area contributed by atoms with Crippen molar-refractivity contribution in [2.75, 3.05) is 13.2 Å². The number of oxazole rings is 1. The fraction of sp³-hybridized carbons (Fsp3) is 0.444. The molecule has 1 aromatic carbocycles. The van der Waals surface area contributed by atoms with Gasteiger partial charge in [0.1, 0.15) is 12.1 Å². The van der Waals surface area contributed by atoms with Crippen molar-refractivity contribution in [3.8, 4) is 11.5 Å². The molecule has 208 valence electrons. The molecular weight excluding hydrogens is 517 g/mol. The third-order valence-corrected chi connectivity index (χ3v) is 6.38. The zero-order valence-electron chi connectivity index (χ0n) is 21.7. The lowest BCUT2D eigenvalue weighted by atomic mass is 10.0. The molecule has 0 bridgehead atoms. The van der Waals surface area contributed by atoms with E-state index in [1.807, 2.05) is 0 Å². The lowest BCUT2D eigenvalue weighted by Crippen LogP contribution is -2.47. The molecular formula is C27H29F3N4O5. The van der Waals surface area contributed by atoms with Crippen LogP contribution in [0.15, 0.2) is 51.5 Å². The van der Waals surface area contributed by atoms with Crippen molar-refractivity contribution in [1.29, 1.82) is 0 Å². The molecule has 39 heavy (non-hydrogen) atoms. The van der Waals surface area contributed by atoms with Crippen LogP contribution in [0.1, 0.15) is 49.7 Å². The molecule has 0 radical (unpaired) electrons.